The van der Waals surface area contributed by atoms with E-state index in [0.29, 0.717) is 58.2 Å². The summed E-state index contributed by atoms with van der Waals surface area (Å²) in [7, 11) is 0. The third-order valence-electron chi connectivity index (χ3n) is 11.9. The van der Waals surface area contributed by atoms with Crippen molar-refractivity contribution < 1.29 is 23.5 Å². The number of aryl methyl sites for hydroxylation is 1. The number of furan rings is 1. The molecule has 0 bridgehead atoms. The van der Waals surface area contributed by atoms with Crippen LogP contribution >= 0.6 is 0 Å². The Morgan fingerprint density at radius 3 is 2.74 bits per heavy atom. The zero-order chi connectivity index (χ0) is 34.1. The van der Waals surface area contributed by atoms with Gasteiger partial charge in [0.15, 0.2) is 0 Å². The van der Waals surface area contributed by atoms with E-state index in [0.717, 1.165) is 53.7 Å². The van der Waals surface area contributed by atoms with Gasteiger partial charge in [-0.15, -0.1) is 0 Å². The second kappa shape index (κ2) is 14.1. The molecule has 2 saturated heterocycles. The lowest BCUT2D eigenvalue weighted by Gasteiger charge is -2.56. The van der Waals surface area contributed by atoms with Crippen LogP contribution in [0.25, 0.3) is 22.2 Å². The lowest BCUT2D eigenvalue weighted by Crippen LogP contribution is -2.66. The molecule has 0 unspecified atom stereocenters. The minimum atomic E-state index is -0.815. The molecule has 3 aliphatic heterocycles. The van der Waals surface area contributed by atoms with Crippen molar-refractivity contribution in [3.63, 3.8) is 0 Å². The van der Waals surface area contributed by atoms with Crippen LogP contribution in [-0.4, -0.2) is 81.4 Å². The molecule has 8 rings (SSSR count). The fourth-order valence-corrected chi connectivity index (χ4v) is 9.35. The molecule has 6 heterocycles. The number of aromatic nitrogens is 3. The first-order valence-corrected chi connectivity index (χ1v) is 18.6. The van der Waals surface area contributed by atoms with Gasteiger partial charge in [-0.3, -0.25) is 14.4 Å². The molecule has 3 amide bonds. The van der Waals surface area contributed by atoms with Crippen LogP contribution in [0.15, 0.2) is 59.7 Å². The van der Waals surface area contributed by atoms with Crippen molar-refractivity contribution in [2.75, 3.05) is 39.4 Å². The highest BCUT2D eigenvalue weighted by Crippen LogP contribution is 2.54. The number of carbonyl (C=O) groups excluding carboxylic acids is 3. The van der Waals surface area contributed by atoms with E-state index in [1.807, 2.05) is 32.7 Å². The third kappa shape index (κ3) is 6.14. The van der Waals surface area contributed by atoms with Crippen LogP contribution in [0.2, 0.25) is 0 Å². The molecule has 0 spiro atoms. The summed E-state index contributed by atoms with van der Waals surface area (Å²) in [6.45, 7) is 3.89. The maximum atomic E-state index is 14.9. The molecule has 3 aromatic heterocycles. The highest BCUT2D eigenvalue weighted by Gasteiger charge is 2.59. The van der Waals surface area contributed by atoms with Crippen LogP contribution in [0.5, 0.6) is 0 Å². The summed E-state index contributed by atoms with van der Waals surface area (Å²) >= 11 is 0. The van der Waals surface area contributed by atoms with Crippen molar-refractivity contribution in [3.8, 4) is 11.3 Å². The van der Waals surface area contributed by atoms with Gasteiger partial charge in [-0.05, 0) is 61.8 Å². The molecule has 3 atom stereocenters. The van der Waals surface area contributed by atoms with Gasteiger partial charge in [0.05, 0.1) is 37.3 Å². The van der Waals surface area contributed by atoms with Crippen LogP contribution in [0.3, 0.4) is 0 Å². The number of nitrogens with one attached hydrogen (secondary N) is 2. The molecule has 264 valence electrons. The van der Waals surface area contributed by atoms with Crippen LogP contribution in [0.4, 0.5) is 0 Å². The second-order valence-electron chi connectivity index (χ2n) is 14.7. The number of ether oxygens (including phenoxy) is 1. The van der Waals surface area contributed by atoms with Gasteiger partial charge in [-0.2, -0.15) is 0 Å². The Kier molecular flexibility index (Phi) is 9.24. The monoisotopic (exact) mass is 680 g/mol. The van der Waals surface area contributed by atoms with Crippen LogP contribution in [-0.2, 0) is 37.6 Å². The quantitative estimate of drug-likeness (QED) is 0.208. The summed E-state index contributed by atoms with van der Waals surface area (Å²) in [6, 6.07) is 10.2. The fourth-order valence-electron chi connectivity index (χ4n) is 9.35. The average Bonchev–Trinajstić information content (AvgIpc) is 3.98. The number of nitrogens with zero attached hydrogens (tertiary/aromatic N) is 4. The lowest BCUT2D eigenvalue weighted by molar-refractivity contribution is -0.169. The zero-order valence-electron chi connectivity index (χ0n) is 28.8. The average molecular weight is 681 g/mol. The van der Waals surface area contributed by atoms with Gasteiger partial charge in [0.1, 0.15) is 5.76 Å². The van der Waals surface area contributed by atoms with Gasteiger partial charge in [0.2, 0.25) is 17.7 Å². The minimum absolute atomic E-state index is 0.00315. The van der Waals surface area contributed by atoms with Crippen LogP contribution < -0.4 is 5.32 Å². The number of carbonyl (C=O) groups is 3. The van der Waals surface area contributed by atoms with Gasteiger partial charge in [-0.25, -0.2) is 4.98 Å². The number of rotatable bonds is 11. The molecule has 11 heteroatoms. The molecule has 3 fully saturated rings. The number of benzene rings is 1. The lowest BCUT2D eigenvalue weighted by atomic mass is 9.64. The van der Waals surface area contributed by atoms with E-state index in [1.165, 1.54) is 31.2 Å². The summed E-state index contributed by atoms with van der Waals surface area (Å²) < 4.78 is 13.4. The van der Waals surface area contributed by atoms with Crippen molar-refractivity contribution in [1.29, 1.82) is 0 Å². The van der Waals surface area contributed by atoms with E-state index < -0.39 is 17.4 Å². The first-order chi connectivity index (χ1) is 24.5. The number of piperidine rings is 1. The number of hydrogen-bond donors (Lipinski definition) is 2. The molecule has 1 saturated carbocycles. The van der Waals surface area contributed by atoms with E-state index in [1.54, 1.807) is 18.8 Å². The molecule has 1 aromatic carbocycles. The van der Waals surface area contributed by atoms with Crippen molar-refractivity contribution in [2.24, 2.45) is 17.8 Å². The van der Waals surface area contributed by atoms with Gasteiger partial charge in [-0.1, -0.05) is 37.8 Å². The Hall–Kier alpha value is -4.38. The predicted molar refractivity (Wildman–Crippen MR) is 188 cm³/mol. The molecule has 4 aromatic rings. The molecule has 4 aliphatic rings. The van der Waals surface area contributed by atoms with E-state index in [2.05, 4.69) is 33.5 Å². The topological polar surface area (TPSA) is 126 Å². The molecule has 2 N–H and O–H groups in total. The normalized spacial score (nSPS) is 24.0. The SMILES string of the molecule is O=C(C[C@H]1C[C@H](C(=O)N2CCOCC2)[C@@]2(CCC3CCCC3)c3[nH]c4cc(-c5ccco5)ccc4c3CCN2C1=O)NCCCn1ccnc1. The summed E-state index contributed by atoms with van der Waals surface area (Å²) in [5, 5.41) is 4.18. The first kappa shape index (κ1) is 32.8. The number of morpholine rings is 1. The van der Waals surface area contributed by atoms with E-state index in [-0.39, 0.29) is 24.1 Å². The highest BCUT2D eigenvalue weighted by molar-refractivity contribution is 5.94. The second-order valence-corrected chi connectivity index (χ2v) is 14.7. The molecule has 0 radical (unpaired) electrons. The van der Waals surface area contributed by atoms with E-state index >= 15 is 0 Å². The van der Waals surface area contributed by atoms with E-state index in [9.17, 15) is 14.4 Å². The summed E-state index contributed by atoms with van der Waals surface area (Å²) in [4.78, 5) is 54.9. The maximum Gasteiger partial charge on any atom is 0.228 e. The standard InChI is InChI=1S/C39H48N6O5/c46-35(41-13-4-15-43-17-14-40-26-43)25-29-23-32(38(48)44-18-21-49-22-19-44)39(12-10-27-5-1-2-6-27)36-31(11-16-45(39)37(29)47)30-9-8-28(24-33(30)42-36)34-7-3-20-50-34/h3,7-9,14,17,20,24,26-27,29,32,42H,1-2,4-6,10-13,15-16,18-19,21-23,25H2,(H,41,46)/t29-,32-,39+/m1/s1. The number of amides is 3. The minimum Gasteiger partial charge on any atom is -0.464 e. The van der Waals surface area contributed by atoms with E-state index in [4.69, 9.17) is 9.15 Å². The van der Waals surface area contributed by atoms with Gasteiger partial charge >= 0.3 is 0 Å². The van der Waals surface area contributed by atoms with Gasteiger partial charge in [0, 0.05) is 79.6 Å². The number of fused-ring (bicyclic) bond motifs is 5. The molecular formula is C39H48N6O5. The maximum absolute atomic E-state index is 14.9. The first-order valence-electron chi connectivity index (χ1n) is 18.6. The fraction of sp³-hybridized carbons (Fsp3) is 0.538. The Bertz CT molecular complexity index is 1800. The van der Waals surface area contributed by atoms with Crippen molar-refractivity contribution in [1.82, 2.24) is 29.7 Å². The van der Waals surface area contributed by atoms with Crippen LogP contribution in [0, 0.1) is 17.8 Å². The third-order valence-corrected chi connectivity index (χ3v) is 11.9. The number of hydrogen-bond acceptors (Lipinski definition) is 6. The molecule has 50 heavy (non-hydrogen) atoms. The Morgan fingerprint density at radius 1 is 1.10 bits per heavy atom. The number of aromatic amines is 1. The summed E-state index contributed by atoms with van der Waals surface area (Å²) in [5.41, 5.74) is 3.37. The van der Waals surface area contributed by atoms with Crippen molar-refractivity contribution >= 4 is 28.6 Å². The highest BCUT2D eigenvalue weighted by atomic mass is 16.5. The molecule has 1 aliphatic carbocycles. The Balaban J connectivity index is 1.15. The summed E-state index contributed by atoms with van der Waals surface area (Å²) in [6.07, 6.45) is 15.5. The summed E-state index contributed by atoms with van der Waals surface area (Å²) in [5.74, 6) is 0.283. The smallest absolute Gasteiger partial charge is 0.228 e. The molecule has 11 nitrogen and oxygen atoms in total. The number of H-pyrrole nitrogens is 1. The van der Waals surface area contributed by atoms with Crippen molar-refractivity contribution in [3.05, 3.63) is 66.6 Å². The predicted octanol–water partition coefficient (Wildman–Crippen LogP) is 5.27. The number of imidazole rings is 1. The molecular weight excluding hydrogens is 632 g/mol. The largest absolute Gasteiger partial charge is 0.464 e. The Morgan fingerprint density at radius 2 is 1.96 bits per heavy atom. The zero-order valence-corrected chi connectivity index (χ0v) is 28.8. The van der Waals surface area contributed by atoms with Gasteiger partial charge < -0.3 is 33.8 Å². The Labute approximate surface area is 292 Å². The van der Waals surface area contributed by atoms with Gasteiger partial charge in [0.25, 0.3) is 0 Å². The van der Waals surface area contributed by atoms with Crippen LogP contribution in [0.1, 0.15) is 69.0 Å². The van der Waals surface area contributed by atoms with Crippen molar-refractivity contribution in [2.45, 2.75) is 76.3 Å².